The second-order valence-corrected chi connectivity index (χ2v) is 7.28. The summed E-state index contributed by atoms with van der Waals surface area (Å²) in [7, 11) is -3.51. The molecule has 6 nitrogen and oxygen atoms in total. The molecule has 1 heterocycles. The minimum absolute atomic E-state index is 0.157. The van der Waals surface area contributed by atoms with Crippen LogP contribution in [0.15, 0.2) is 11.2 Å². The predicted octanol–water partition coefficient (Wildman–Crippen LogP) is 0.939. The van der Waals surface area contributed by atoms with Gasteiger partial charge in [0, 0.05) is 23.9 Å². The first kappa shape index (κ1) is 16.5. The van der Waals surface area contributed by atoms with Crippen LogP contribution in [0.2, 0.25) is 0 Å². The van der Waals surface area contributed by atoms with Gasteiger partial charge < -0.3 is 5.32 Å². The molecule has 3 N–H and O–H groups in total. The maximum Gasteiger partial charge on any atom is 0.257 e. The molecule has 0 aliphatic rings. The molecule has 1 rings (SSSR count). The van der Waals surface area contributed by atoms with E-state index in [1.54, 1.807) is 18.0 Å². The topological polar surface area (TPSA) is 86.9 Å². The molecule has 0 aliphatic heterocycles. The van der Waals surface area contributed by atoms with E-state index in [1.807, 2.05) is 13.2 Å². The first-order valence-electron chi connectivity index (χ1n) is 6.26. The van der Waals surface area contributed by atoms with Crippen LogP contribution >= 0.6 is 11.8 Å². The molecule has 0 bridgehead atoms. The molecule has 0 amide bonds. The van der Waals surface area contributed by atoms with E-state index < -0.39 is 10.0 Å². The Morgan fingerprint density at radius 3 is 2.89 bits per heavy atom. The minimum atomic E-state index is -3.51. The van der Waals surface area contributed by atoms with Crippen molar-refractivity contribution in [2.45, 2.75) is 37.1 Å². The summed E-state index contributed by atoms with van der Waals surface area (Å²) in [5.74, 6) is 0. The van der Waals surface area contributed by atoms with Crippen molar-refractivity contribution in [3.63, 3.8) is 0 Å². The van der Waals surface area contributed by atoms with Gasteiger partial charge in [-0.2, -0.15) is 16.9 Å². The second-order valence-electron chi connectivity index (χ2n) is 4.30. The third-order valence-corrected chi connectivity index (χ3v) is 5.06. The summed E-state index contributed by atoms with van der Waals surface area (Å²) in [6.07, 6.45) is 4.51. The zero-order chi connectivity index (χ0) is 14.3. The molecule has 0 radical (unpaired) electrons. The lowest BCUT2D eigenvalue weighted by Gasteiger charge is -2.10. The van der Waals surface area contributed by atoms with Gasteiger partial charge in [0.1, 0.15) is 0 Å². The molecule has 1 atom stereocenters. The maximum atomic E-state index is 12.1. The Kier molecular flexibility index (Phi) is 6.84. The van der Waals surface area contributed by atoms with E-state index in [-0.39, 0.29) is 10.3 Å². The summed E-state index contributed by atoms with van der Waals surface area (Å²) in [6, 6.07) is 0. The lowest BCUT2D eigenvalue weighted by molar-refractivity contribution is 0.573. The summed E-state index contributed by atoms with van der Waals surface area (Å²) in [4.78, 5) is 0. The van der Waals surface area contributed by atoms with Crippen LogP contribution in [0.3, 0.4) is 0 Å². The number of H-pyrrole nitrogens is 1. The summed E-state index contributed by atoms with van der Waals surface area (Å²) in [5.41, 5.74) is 0.665. The molecule has 0 saturated carbocycles. The summed E-state index contributed by atoms with van der Waals surface area (Å²) in [5, 5.41) is 9.95. The number of hydrogen-bond donors (Lipinski definition) is 3. The first-order chi connectivity index (χ1) is 9.01. The van der Waals surface area contributed by atoms with Gasteiger partial charge in [-0.15, -0.1) is 0 Å². The van der Waals surface area contributed by atoms with Crippen molar-refractivity contribution in [1.82, 2.24) is 20.2 Å². The largest absolute Gasteiger partial charge is 0.313 e. The average Bonchev–Trinajstić information content (AvgIpc) is 2.85. The molecular weight excluding hydrogens is 284 g/mol. The highest BCUT2D eigenvalue weighted by atomic mass is 32.2. The molecule has 0 spiro atoms. The maximum absolute atomic E-state index is 12.1. The number of nitrogens with zero attached hydrogens (tertiary/aromatic N) is 1. The third kappa shape index (κ3) is 5.13. The quantitative estimate of drug-likeness (QED) is 0.591. The summed E-state index contributed by atoms with van der Waals surface area (Å²) >= 11 is 1.62. The minimum Gasteiger partial charge on any atom is -0.313 e. The van der Waals surface area contributed by atoms with Crippen LogP contribution in [0.1, 0.15) is 25.8 Å². The van der Waals surface area contributed by atoms with Crippen LogP contribution in [0.25, 0.3) is 0 Å². The fraction of sp³-hybridized carbons (Fsp3) is 0.727. The highest BCUT2D eigenvalue weighted by Gasteiger charge is 2.20. The van der Waals surface area contributed by atoms with Crippen molar-refractivity contribution in [1.29, 1.82) is 0 Å². The van der Waals surface area contributed by atoms with Crippen LogP contribution in [-0.4, -0.2) is 43.2 Å². The lowest BCUT2D eigenvalue weighted by Crippen LogP contribution is -2.30. The van der Waals surface area contributed by atoms with Crippen LogP contribution in [0.4, 0.5) is 0 Å². The number of thioether (sulfide) groups is 1. The molecule has 110 valence electrons. The molecule has 0 aromatic carbocycles. The van der Waals surface area contributed by atoms with E-state index in [1.165, 1.54) is 0 Å². The highest BCUT2D eigenvalue weighted by molar-refractivity contribution is 7.99. The molecule has 0 fully saturated rings. The van der Waals surface area contributed by atoms with E-state index in [4.69, 9.17) is 0 Å². The van der Waals surface area contributed by atoms with Gasteiger partial charge >= 0.3 is 0 Å². The molecule has 0 aliphatic carbocycles. The summed E-state index contributed by atoms with van der Waals surface area (Å²) < 4.78 is 26.9. The van der Waals surface area contributed by atoms with E-state index >= 15 is 0 Å². The summed E-state index contributed by atoms with van der Waals surface area (Å²) in [6.45, 7) is 5.79. The van der Waals surface area contributed by atoms with Gasteiger partial charge in [-0.1, -0.05) is 13.8 Å². The molecule has 19 heavy (non-hydrogen) atoms. The normalized spacial score (nSPS) is 13.6. The Morgan fingerprint density at radius 2 is 2.26 bits per heavy atom. The van der Waals surface area contributed by atoms with Gasteiger partial charge in [0.15, 0.2) is 5.03 Å². The zero-order valence-corrected chi connectivity index (χ0v) is 13.2. The van der Waals surface area contributed by atoms with Crippen molar-refractivity contribution < 1.29 is 8.42 Å². The van der Waals surface area contributed by atoms with Crippen LogP contribution < -0.4 is 10.0 Å². The van der Waals surface area contributed by atoms with Gasteiger partial charge in [0.2, 0.25) is 0 Å². The van der Waals surface area contributed by atoms with Gasteiger partial charge in [0.25, 0.3) is 10.0 Å². The molecule has 1 unspecified atom stereocenters. The van der Waals surface area contributed by atoms with Crippen molar-refractivity contribution in [2.75, 3.05) is 19.3 Å². The second kappa shape index (κ2) is 7.88. The highest BCUT2D eigenvalue weighted by Crippen LogP contribution is 2.12. The van der Waals surface area contributed by atoms with Gasteiger partial charge in [-0.3, -0.25) is 5.10 Å². The number of aromatic nitrogens is 2. The van der Waals surface area contributed by atoms with Crippen molar-refractivity contribution in [3.05, 3.63) is 11.8 Å². The Hall–Kier alpha value is -0.570. The fourth-order valence-electron chi connectivity index (χ4n) is 1.44. The van der Waals surface area contributed by atoms with Crippen LogP contribution in [0, 0.1) is 0 Å². The van der Waals surface area contributed by atoms with Crippen molar-refractivity contribution >= 4 is 21.8 Å². The van der Waals surface area contributed by atoms with E-state index in [0.29, 0.717) is 18.7 Å². The lowest BCUT2D eigenvalue weighted by atomic mass is 10.3. The van der Waals surface area contributed by atoms with E-state index in [2.05, 4.69) is 27.2 Å². The van der Waals surface area contributed by atoms with Crippen LogP contribution in [-0.2, 0) is 16.6 Å². The predicted molar refractivity (Wildman–Crippen MR) is 78.8 cm³/mol. The first-order valence-corrected chi connectivity index (χ1v) is 9.03. The molecule has 0 saturated heterocycles. The number of aromatic amines is 1. The zero-order valence-electron chi connectivity index (χ0n) is 11.6. The monoisotopic (exact) mass is 306 g/mol. The molecule has 1 aromatic heterocycles. The number of hydrogen-bond acceptors (Lipinski definition) is 5. The molecule has 8 heteroatoms. The van der Waals surface area contributed by atoms with E-state index in [9.17, 15) is 8.42 Å². The van der Waals surface area contributed by atoms with Crippen molar-refractivity contribution in [2.24, 2.45) is 0 Å². The van der Waals surface area contributed by atoms with Gasteiger partial charge in [-0.05, 0) is 19.2 Å². The Morgan fingerprint density at radius 1 is 1.53 bits per heavy atom. The molecule has 1 aromatic rings. The molecular formula is C11H22N4O2S2. The van der Waals surface area contributed by atoms with Crippen molar-refractivity contribution in [3.8, 4) is 0 Å². The van der Waals surface area contributed by atoms with Crippen LogP contribution in [0.5, 0.6) is 0 Å². The third-order valence-electron chi connectivity index (χ3n) is 2.65. The average molecular weight is 306 g/mol. The number of rotatable bonds is 9. The Bertz CT molecular complexity index is 473. The Labute approximate surface area is 119 Å². The van der Waals surface area contributed by atoms with Gasteiger partial charge in [-0.25, -0.2) is 13.1 Å². The standard InChI is InChI=1S/C11H22N4O2S2/c1-4-5-12-7-10-8-13-15-11(10)19(16,17)14-6-9(2)18-3/h8-9,12,14H,4-7H2,1-3H3,(H,13,15). The van der Waals surface area contributed by atoms with E-state index in [0.717, 1.165) is 13.0 Å². The number of sulfonamides is 1. The van der Waals surface area contributed by atoms with Gasteiger partial charge in [0.05, 0.1) is 6.20 Å². The fourth-order valence-corrected chi connectivity index (χ4v) is 3.05. The number of nitrogens with one attached hydrogen (secondary N) is 3. The smallest absolute Gasteiger partial charge is 0.257 e. The Balaban J connectivity index is 2.70. The SMILES string of the molecule is CCCNCc1cn[nH]c1S(=O)(=O)NCC(C)SC.